The van der Waals surface area contributed by atoms with Gasteiger partial charge in [0.2, 0.25) is 5.91 Å². The molecule has 1 atom stereocenters. The van der Waals surface area contributed by atoms with Crippen LogP contribution in [0.3, 0.4) is 0 Å². The lowest BCUT2D eigenvalue weighted by Gasteiger charge is -2.12. The highest BCUT2D eigenvalue weighted by Crippen LogP contribution is 2.18. The summed E-state index contributed by atoms with van der Waals surface area (Å²) in [5, 5.41) is 15.8. The van der Waals surface area contributed by atoms with Gasteiger partial charge in [-0.2, -0.15) is 0 Å². The predicted octanol–water partition coefficient (Wildman–Crippen LogP) is 1.51. The minimum atomic E-state index is -0.864. The van der Waals surface area contributed by atoms with Gasteiger partial charge in [0, 0.05) is 24.6 Å². The number of hydrogen-bond donors (Lipinski definition) is 3. The van der Waals surface area contributed by atoms with Crippen molar-refractivity contribution in [3.63, 3.8) is 0 Å². The van der Waals surface area contributed by atoms with Gasteiger partial charge in [-0.1, -0.05) is 18.2 Å². The van der Waals surface area contributed by atoms with E-state index in [1.54, 1.807) is 18.2 Å². The van der Waals surface area contributed by atoms with Gasteiger partial charge < -0.3 is 15.7 Å². The van der Waals surface area contributed by atoms with Gasteiger partial charge in [-0.3, -0.25) is 4.79 Å². The third kappa shape index (κ3) is 4.90. The maximum absolute atomic E-state index is 13.4. The van der Waals surface area contributed by atoms with Crippen molar-refractivity contribution in [1.29, 1.82) is 0 Å². The van der Waals surface area contributed by atoms with E-state index in [4.69, 9.17) is 0 Å². The van der Waals surface area contributed by atoms with Crippen LogP contribution in [-0.4, -0.2) is 30.1 Å². The molecule has 1 aliphatic rings. The van der Waals surface area contributed by atoms with Crippen molar-refractivity contribution in [3.05, 3.63) is 35.6 Å². The first kappa shape index (κ1) is 14.9. The molecule has 0 spiro atoms. The molecule has 0 aromatic heterocycles. The lowest BCUT2D eigenvalue weighted by atomic mass is 10.1. The Morgan fingerprint density at radius 1 is 1.40 bits per heavy atom. The molecule has 2 rings (SSSR count). The molecule has 1 aromatic rings. The van der Waals surface area contributed by atoms with Gasteiger partial charge in [0.15, 0.2) is 0 Å². The highest BCUT2D eigenvalue weighted by Gasteiger charge is 2.22. The fourth-order valence-corrected chi connectivity index (χ4v) is 2.00. The van der Waals surface area contributed by atoms with Gasteiger partial charge in [-0.15, -0.1) is 0 Å². The van der Waals surface area contributed by atoms with Crippen LogP contribution in [0.4, 0.5) is 4.39 Å². The van der Waals surface area contributed by atoms with Crippen molar-refractivity contribution >= 4 is 5.91 Å². The summed E-state index contributed by atoms with van der Waals surface area (Å²) in [6.45, 7) is 0.911. The molecule has 0 heterocycles. The standard InChI is InChI=1S/C15H21FN2O2/c16-13-5-2-1-4-12(13)14(19)10-17-9-3-6-15(20)18-11-7-8-11/h1-2,4-5,11,14,17,19H,3,6-10H2,(H,18,20). The van der Waals surface area contributed by atoms with Crippen molar-refractivity contribution in [3.8, 4) is 0 Å². The molecule has 0 radical (unpaired) electrons. The van der Waals surface area contributed by atoms with Gasteiger partial charge in [0.05, 0.1) is 6.10 Å². The minimum Gasteiger partial charge on any atom is -0.387 e. The number of carbonyl (C=O) groups excluding carboxylic acids is 1. The average molecular weight is 280 g/mol. The van der Waals surface area contributed by atoms with Gasteiger partial charge >= 0.3 is 0 Å². The average Bonchev–Trinajstić information content (AvgIpc) is 3.22. The predicted molar refractivity (Wildman–Crippen MR) is 74.6 cm³/mol. The topological polar surface area (TPSA) is 61.4 Å². The molecule has 20 heavy (non-hydrogen) atoms. The fourth-order valence-electron chi connectivity index (χ4n) is 2.00. The number of benzene rings is 1. The fraction of sp³-hybridized carbons (Fsp3) is 0.533. The Morgan fingerprint density at radius 2 is 2.15 bits per heavy atom. The number of aliphatic hydroxyl groups is 1. The van der Waals surface area contributed by atoms with Crippen LogP contribution in [0.25, 0.3) is 0 Å². The lowest BCUT2D eigenvalue weighted by molar-refractivity contribution is -0.121. The Bertz CT molecular complexity index is 449. The largest absolute Gasteiger partial charge is 0.387 e. The minimum absolute atomic E-state index is 0.0870. The second kappa shape index (κ2) is 7.36. The van der Waals surface area contributed by atoms with Gasteiger partial charge in [-0.05, 0) is 31.9 Å². The van der Waals surface area contributed by atoms with E-state index >= 15 is 0 Å². The van der Waals surface area contributed by atoms with Crippen LogP contribution in [-0.2, 0) is 4.79 Å². The molecule has 0 bridgehead atoms. The first-order chi connectivity index (χ1) is 9.66. The molecule has 110 valence electrons. The van der Waals surface area contributed by atoms with Crippen molar-refractivity contribution in [2.24, 2.45) is 0 Å². The highest BCUT2D eigenvalue weighted by molar-refractivity contribution is 5.76. The monoisotopic (exact) mass is 280 g/mol. The molecule has 1 saturated carbocycles. The molecule has 0 saturated heterocycles. The summed E-state index contributed by atoms with van der Waals surface area (Å²) in [4.78, 5) is 11.4. The molecule has 1 aliphatic carbocycles. The number of hydrogen-bond acceptors (Lipinski definition) is 3. The number of nitrogens with one attached hydrogen (secondary N) is 2. The summed E-state index contributed by atoms with van der Waals surface area (Å²) in [7, 11) is 0. The first-order valence-corrected chi connectivity index (χ1v) is 7.09. The molecule has 5 heteroatoms. The quantitative estimate of drug-likeness (QED) is 0.633. The van der Waals surface area contributed by atoms with Crippen LogP contribution < -0.4 is 10.6 Å². The second-order valence-electron chi connectivity index (χ2n) is 5.19. The molecule has 0 aliphatic heterocycles. The van der Waals surface area contributed by atoms with E-state index in [9.17, 15) is 14.3 Å². The molecule has 1 amide bonds. The zero-order valence-electron chi connectivity index (χ0n) is 11.4. The molecular formula is C15H21FN2O2. The number of halogens is 1. The Hall–Kier alpha value is -1.46. The number of aliphatic hydroxyl groups excluding tert-OH is 1. The van der Waals surface area contributed by atoms with Crippen molar-refractivity contribution in [2.75, 3.05) is 13.1 Å². The Labute approximate surface area is 118 Å². The molecule has 1 aromatic carbocycles. The van der Waals surface area contributed by atoms with Crippen LogP contribution in [0, 0.1) is 5.82 Å². The lowest BCUT2D eigenvalue weighted by Crippen LogP contribution is -2.27. The van der Waals surface area contributed by atoms with E-state index in [2.05, 4.69) is 10.6 Å². The summed E-state index contributed by atoms with van der Waals surface area (Å²) in [6.07, 6.45) is 2.52. The Morgan fingerprint density at radius 3 is 2.85 bits per heavy atom. The summed E-state index contributed by atoms with van der Waals surface area (Å²) in [5.41, 5.74) is 0.298. The normalized spacial score (nSPS) is 15.9. The van der Waals surface area contributed by atoms with Crippen molar-refractivity contribution < 1.29 is 14.3 Å². The van der Waals surface area contributed by atoms with E-state index in [0.717, 1.165) is 12.8 Å². The maximum atomic E-state index is 13.4. The van der Waals surface area contributed by atoms with E-state index in [1.165, 1.54) is 6.07 Å². The molecule has 1 fully saturated rings. The molecule has 3 N–H and O–H groups in total. The molecule has 4 nitrogen and oxygen atoms in total. The Kier molecular flexibility index (Phi) is 5.49. The second-order valence-corrected chi connectivity index (χ2v) is 5.19. The Balaban J connectivity index is 1.58. The first-order valence-electron chi connectivity index (χ1n) is 7.09. The summed E-state index contributed by atoms with van der Waals surface area (Å²) < 4.78 is 13.4. The van der Waals surface area contributed by atoms with Crippen LogP contribution in [0.5, 0.6) is 0 Å². The third-order valence-corrected chi connectivity index (χ3v) is 3.30. The van der Waals surface area contributed by atoms with Crippen molar-refractivity contribution in [1.82, 2.24) is 10.6 Å². The van der Waals surface area contributed by atoms with E-state index in [-0.39, 0.29) is 12.5 Å². The van der Waals surface area contributed by atoms with Gasteiger partial charge in [0.1, 0.15) is 5.82 Å². The SMILES string of the molecule is O=C(CCCNCC(O)c1ccccc1F)NC1CC1. The number of amides is 1. The van der Waals surface area contributed by atoms with Crippen LogP contribution >= 0.6 is 0 Å². The van der Waals surface area contributed by atoms with Crippen LogP contribution in [0.2, 0.25) is 0 Å². The third-order valence-electron chi connectivity index (χ3n) is 3.30. The molecule has 1 unspecified atom stereocenters. The number of carbonyl (C=O) groups is 1. The van der Waals surface area contributed by atoms with Crippen LogP contribution in [0.15, 0.2) is 24.3 Å². The number of rotatable bonds is 8. The van der Waals surface area contributed by atoms with Gasteiger partial charge in [-0.25, -0.2) is 4.39 Å². The van der Waals surface area contributed by atoms with Crippen LogP contribution in [0.1, 0.15) is 37.4 Å². The zero-order chi connectivity index (χ0) is 14.4. The van der Waals surface area contributed by atoms with E-state index in [0.29, 0.717) is 31.0 Å². The summed E-state index contributed by atoms with van der Waals surface area (Å²) >= 11 is 0. The summed E-state index contributed by atoms with van der Waals surface area (Å²) in [6, 6.07) is 6.60. The summed E-state index contributed by atoms with van der Waals surface area (Å²) in [5.74, 6) is -0.311. The van der Waals surface area contributed by atoms with E-state index < -0.39 is 11.9 Å². The maximum Gasteiger partial charge on any atom is 0.220 e. The van der Waals surface area contributed by atoms with Crippen molar-refractivity contribution in [2.45, 2.75) is 37.8 Å². The van der Waals surface area contributed by atoms with E-state index in [1.807, 2.05) is 0 Å². The van der Waals surface area contributed by atoms with Gasteiger partial charge in [0.25, 0.3) is 0 Å². The smallest absolute Gasteiger partial charge is 0.220 e. The highest BCUT2D eigenvalue weighted by atomic mass is 19.1. The molecular weight excluding hydrogens is 259 g/mol. The zero-order valence-corrected chi connectivity index (χ0v) is 11.4.